The van der Waals surface area contributed by atoms with Crippen molar-refractivity contribution in [1.29, 1.82) is 0 Å². The van der Waals surface area contributed by atoms with Crippen LogP contribution >= 0.6 is 0 Å². The van der Waals surface area contributed by atoms with Crippen molar-refractivity contribution in [2.75, 3.05) is 0 Å². The van der Waals surface area contributed by atoms with Gasteiger partial charge < -0.3 is 14.2 Å². The Hall–Kier alpha value is -9.27. The van der Waals surface area contributed by atoms with E-state index in [-0.39, 0.29) is 28.9 Å². The van der Waals surface area contributed by atoms with Crippen LogP contribution in [0.25, 0.3) is 11.1 Å². The van der Waals surface area contributed by atoms with Gasteiger partial charge in [-0.25, -0.2) is 0 Å². The van der Waals surface area contributed by atoms with E-state index in [1.807, 2.05) is 111 Å². The molecular weight excluding hydrogens is 885 g/mol. The Morgan fingerprint density at radius 3 is 0.648 bits per heavy atom. The molecule has 0 aliphatic carbocycles. The number of carbonyl (C=O) groups is 5. The number of ketones is 5. The second kappa shape index (κ2) is 22.2. The molecule has 9 aromatic rings. The summed E-state index contributed by atoms with van der Waals surface area (Å²) in [4.78, 5) is 61.3. The monoisotopic (exact) mass is 932 g/mol. The Bertz CT molecular complexity index is 3300. The van der Waals surface area contributed by atoms with Crippen LogP contribution in [0.3, 0.4) is 0 Å². The fraction of sp³-hybridized carbons (Fsp3) is 0.0635. The zero-order valence-corrected chi connectivity index (χ0v) is 39.6. The van der Waals surface area contributed by atoms with E-state index >= 15 is 0 Å². The van der Waals surface area contributed by atoms with Crippen molar-refractivity contribution in [3.05, 3.63) is 274 Å². The first-order valence-electron chi connectivity index (χ1n) is 22.9. The number of hydrogen-bond donors (Lipinski definition) is 0. The molecule has 71 heavy (non-hydrogen) atoms. The molecule has 0 radical (unpaired) electrons. The van der Waals surface area contributed by atoms with Gasteiger partial charge in [0.05, 0.1) is 0 Å². The topological polar surface area (TPSA) is 113 Å². The molecule has 0 unspecified atom stereocenters. The molecule has 0 aliphatic rings. The fourth-order valence-electron chi connectivity index (χ4n) is 7.39. The van der Waals surface area contributed by atoms with Crippen molar-refractivity contribution < 1.29 is 38.2 Å². The van der Waals surface area contributed by atoms with E-state index in [4.69, 9.17) is 14.2 Å². The van der Waals surface area contributed by atoms with E-state index in [0.29, 0.717) is 61.8 Å². The van der Waals surface area contributed by atoms with Gasteiger partial charge in [-0.1, -0.05) is 120 Å². The SMILES string of the molecule is CC(=O)c1ccc(C(=O)c2ccc(-c3ccc(Oc4ccc(C)cc4)cc3)cc2)cc1.CC(=O)c1ccc(C(=O)c2ccc(Oc3ccc(C(=O)c4ccc(Oc5ccc(C)cc5)cc4)cc3)cc2)cc1. The third-order valence-corrected chi connectivity index (χ3v) is 11.5. The van der Waals surface area contributed by atoms with Gasteiger partial charge in [0, 0.05) is 44.5 Å². The molecule has 0 saturated carbocycles. The predicted octanol–water partition coefficient (Wildman–Crippen LogP) is 15.1. The maximum absolute atomic E-state index is 13.0. The lowest BCUT2D eigenvalue weighted by atomic mass is 9.98. The van der Waals surface area contributed by atoms with Crippen molar-refractivity contribution in [3.63, 3.8) is 0 Å². The molecule has 9 rings (SSSR count). The molecule has 0 atom stereocenters. The molecule has 9 aromatic carbocycles. The van der Waals surface area contributed by atoms with Crippen LogP contribution in [0.5, 0.6) is 34.5 Å². The van der Waals surface area contributed by atoms with Crippen molar-refractivity contribution in [2.45, 2.75) is 27.7 Å². The Balaban J connectivity index is 0.000000197. The number of carbonyl (C=O) groups excluding carboxylic acids is 5. The first kappa shape index (κ1) is 48.2. The molecule has 8 nitrogen and oxygen atoms in total. The minimum Gasteiger partial charge on any atom is -0.457 e. The van der Waals surface area contributed by atoms with Crippen molar-refractivity contribution >= 4 is 28.9 Å². The molecule has 0 fully saturated rings. The maximum Gasteiger partial charge on any atom is 0.193 e. The number of ether oxygens (including phenoxy) is 3. The van der Waals surface area contributed by atoms with Crippen LogP contribution in [0.1, 0.15) is 93.5 Å². The first-order valence-corrected chi connectivity index (χ1v) is 22.9. The highest BCUT2D eigenvalue weighted by molar-refractivity contribution is 6.11. The second-order valence-corrected chi connectivity index (χ2v) is 16.9. The molecule has 8 heteroatoms. The molecule has 348 valence electrons. The van der Waals surface area contributed by atoms with Crippen LogP contribution in [0.2, 0.25) is 0 Å². The van der Waals surface area contributed by atoms with Gasteiger partial charge in [0.2, 0.25) is 0 Å². The summed E-state index contributed by atoms with van der Waals surface area (Å²) in [6, 6.07) is 65.3. The van der Waals surface area contributed by atoms with Gasteiger partial charge in [0.25, 0.3) is 0 Å². The minimum atomic E-state index is -0.140. The number of benzene rings is 9. The third kappa shape index (κ3) is 12.6. The number of rotatable bonds is 15. The van der Waals surface area contributed by atoms with E-state index in [9.17, 15) is 24.0 Å². The molecular formula is C63H48O8. The van der Waals surface area contributed by atoms with E-state index < -0.39 is 0 Å². The van der Waals surface area contributed by atoms with Gasteiger partial charge in [-0.15, -0.1) is 0 Å². The summed E-state index contributed by atoms with van der Waals surface area (Å²) in [5, 5.41) is 0. The maximum atomic E-state index is 13.0. The highest BCUT2D eigenvalue weighted by atomic mass is 16.5. The zero-order valence-electron chi connectivity index (χ0n) is 39.6. The summed E-state index contributed by atoms with van der Waals surface area (Å²) in [7, 11) is 0. The molecule has 0 saturated heterocycles. The summed E-state index contributed by atoms with van der Waals surface area (Å²) in [5.74, 6) is 3.73. The summed E-state index contributed by atoms with van der Waals surface area (Å²) in [6.07, 6.45) is 0. The average Bonchev–Trinajstić information content (AvgIpc) is 3.40. The Morgan fingerprint density at radius 1 is 0.239 bits per heavy atom. The molecule has 0 N–H and O–H groups in total. The first-order chi connectivity index (χ1) is 34.3. The molecule has 0 aromatic heterocycles. The molecule has 0 bridgehead atoms. The zero-order chi connectivity index (χ0) is 49.9. The predicted molar refractivity (Wildman–Crippen MR) is 277 cm³/mol. The van der Waals surface area contributed by atoms with Gasteiger partial charge >= 0.3 is 0 Å². The number of Topliss-reactive ketones (excluding diaryl/α,β-unsaturated/α-hetero) is 2. The largest absolute Gasteiger partial charge is 0.457 e. The summed E-state index contributed by atoms with van der Waals surface area (Å²) in [5.41, 5.74) is 8.86. The Labute approximate surface area is 412 Å². The van der Waals surface area contributed by atoms with E-state index in [1.54, 1.807) is 121 Å². The number of hydrogen-bond acceptors (Lipinski definition) is 8. The van der Waals surface area contributed by atoms with Gasteiger partial charge in [-0.05, 0) is 148 Å². The van der Waals surface area contributed by atoms with Crippen molar-refractivity contribution in [3.8, 4) is 45.6 Å². The normalized spacial score (nSPS) is 10.5. The lowest BCUT2D eigenvalue weighted by Gasteiger charge is -2.09. The lowest BCUT2D eigenvalue weighted by Crippen LogP contribution is -2.02. The smallest absolute Gasteiger partial charge is 0.193 e. The highest BCUT2D eigenvalue weighted by Crippen LogP contribution is 2.29. The summed E-state index contributed by atoms with van der Waals surface area (Å²) in [6.45, 7) is 7.06. The van der Waals surface area contributed by atoms with Crippen LogP contribution in [-0.2, 0) is 0 Å². The van der Waals surface area contributed by atoms with Crippen molar-refractivity contribution in [2.24, 2.45) is 0 Å². The Morgan fingerprint density at radius 2 is 0.408 bits per heavy atom. The van der Waals surface area contributed by atoms with Gasteiger partial charge in [-0.3, -0.25) is 24.0 Å². The number of aryl methyl sites for hydroxylation is 2. The average molecular weight is 933 g/mol. The fourth-order valence-corrected chi connectivity index (χ4v) is 7.39. The molecule has 0 aliphatic heterocycles. The second-order valence-electron chi connectivity index (χ2n) is 16.9. The van der Waals surface area contributed by atoms with Crippen LogP contribution in [0, 0.1) is 13.8 Å². The highest BCUT2D eigenvalue weighted by Gasteiger charge is 2.14. The van der Waals surface area contributed by atoms with Gasteiger partial charge in [-0.2, -0.15) is 0 Å². The molecule has 0 spiro atoms. The standard InChI is InChI=1S/C35H26O5.C28H22O3/c1-23-3-15-30(16-4-23)39-31-17-11-28(12-18-31)35(38)29-13-21-33(22-14-29)40-32-19-9-27(10-20-32)34(37)26-7-5-25(6-8-26)24(2)36;1-19-3-15-26(16-4-19)31-27-17-13-23(14-18-27)22-7-11-25(12-8-22)28(30)24-9-5-21(6-10-24)20(2)29/h3-22H,1-2H3;3-18H,1-2H3. The van der Waals surface area contributed by atoms with Gasteiger partial charge in [0.15, 0.2) is 28.9 Å². The van der Waals surface area contributed by atoms with Crippen LogP contribution < -0.4 is 14.2 Å². The quantitative estimate of drug-likeness (QED) is 0.0934. The lowest BCUT2D eigenvalue weighted by molar-refractivity contribution is 0.100. The molecule has 0 amide bonds. The van der Waals surface area contributed by atoms with Crippen LogP contribution in [0.4, 0.5) is 0 Å². The van der Waals surface area contributed by atoms with Crippen LogP contribution in [-0.4, -0.2) is 28.9 Å². The minimum absolute atomic E-state index is 0.0152. The van der Waals surface area contributed by atoms with E-state index in [1.165, 1.54) is 19.4 Å². The molecule has 0 heterocycles. The Kier molecular flexibility index (Phi) is 15.1. The third-order valence-electron chi connectivity index (χ3n) is 11.5. The van der Waals surface area contributed by atoms with E-state index in [2.05, 4.69) is 0 Å². The van der Waals surface area contributed by atoms with Gasteiger partial charge in [0.1, 0.15) is 34.5 Å². The van der Waals surface area contributed by atoms with Crippen molar-refractivity contribution in [1.82, 2.24) is 0 Å². The van der Waals surface area contributed by atoms with E-state index in [0.717, 1.165) is 33.9 Å². The van der Waals surface area contributed by atoms with Crippen LogP contribution in [0.15, 0.2) is 218 Å². The summed E-state index contributed by atoms with van der Waals surface area (Å²) < 4.78 is 17.6. The summed E-state index contributed by atoms with van der Waals surface area (Å²) >= 11 is 0.